The molecule has 1 saturated heterocycles. The molecule has 0 aromatic carbocycles. The second-order valence-corrected chi connectivity index (χ2v) is 7.06. The fourth-order valence-corrected chi connectivity index (χ4v) is 3.88. The average Bonchev–Trinajstić information content (AvgIpc) is 3.25. The molecular formula is C16H21N5S. The van der Waals surface area contributed by atoms with Gasteiger partial charge in [-0.25, -0.2) is 15.0 Å². The van der Waals surface area contributed by atoms with Crippen molar-refractivity contribution >= 4 is 17.3 Å². The van der Waals surface area contributed by atoms with E-state index in [9.17, 15) is 0 Å². The van der Waals surface area contributed by atoms with Gasteiger partial charge in [0.25, 0.3) is 0 Å². The summed E-state index contributed by atoms with van der Waals surface area (Å²) < 4.78 is 0. The van der Waals surface area contributed by atoms with Crippen molar-refractivity contribution in [3.63, 3.8) is 0 Å². The van der Waals surface area contributed by atoms with E-state index in [-0.39, 0.29) is 0 Å². The second kappa shape index (κ2) is 6.30. The van der Waals surface area contributed by atoms with Crippen molar-refractivity contribution in [3.8, 4) is 0 Å². The Kier molecular flexibility index (Phi) is 4.03. The van der Waals surface area contributed by atoms with Crippen LogP contribution in [0.4, 0.5) is 5.95 Å². The fourth-order valence-electron chi connectivity index (χ4n) is 3.31. The molecule has 1 unspecified atom stereocenters. The number of nitrogens with zero attached hydrogens (tertiary/aromatic N) is 4. The molecule has 2 aliphatic rings. The number of nitrogens with one attached hydrogen (secondary N) is 1. The highest BCUT2D eigenvalue weighted by atomic mass is 32.1. The molecule has 4 rings (SSSR count). The van der Waals surface area contributed by atoms with E-state index in [1.54, 1.807) is 11.3 Å². The first-order valence-corrected chi connectivity index (χ1v) is 8.98. The van der Waals surface area contributed by atoms with Crippen LogP contribution in [0.15, 0.2) is 17.8 Å². The van der Waals surface area contributed by atoms with Crippen LogP contribution in [0.5, 0.6) is 0 Å². The highest BCUT2D eigenvalue weighted by molar-refractivity contribution is 7.09. The van der Waals surface area contributed by atoms with Crippen LogP contribution in [0.3, 0.4) is 0 Å². The maximum atomic E-state index is 4.82. The van der Waals surface area contributed by atoms with Gasteiger partial charge in [0, 0.05) is 49.1 Å². The summed E-state index contributed by atoms with van der Waals surface area (Å²) in [6.45, 7) is 3.08. The van der Waals surface area contributed by atoms with Crippen molar-refractivity contribution in [1.82, 2.24) is 20.3 Å². The minimum Gasteiger partial charge on any atom is -0.341 e. The lowest BCUT2D eigenvalue weighted by molar-refractivity contribution is 0.451. The Bertz CT molecular complexity index is 621. The minimum atomic E-state index is 0.512. The number of hydrogen-bond donors (Lipinski definition) is 1. The predicted molar refractivity (Wildman–Crippen MR) is 88.2 cm³/mol. The highest BCUT2D eigenvalue weighted by Gasteiger charge is 2.22. The van der Waals surface area contributed by atoms with Crippen LogP contribution in [-0.2, 0) is 19.4 Å². The molecule has 5 nitrogen and oxygen atoms in total. The second-order valence-electron chi connectivity index (χ2n) is 6.08. The van der Waals surface area contributed by atoms with E-state index in [4.69, 9.17) is 4.98 Å². The van der Waals surface area contributed by atoms with Crippen LogP contribution >= 0.6 is 11.3 Å². The van der Waals surface area contributed by atoms with Gasteiger partial charge in [-0.3, -0.25) is 0 Å². The molecule has 0 bridgehead atoms. The van der Waals surface area contributed by atoms with Gasteiger partial charge in [0.1, 0.15) is 5.01 Å². The van der Waals surface area contributed by atoms with Crippen LogP contribution in [0, 0.1) is 0 Å². The molecule has 2 aromatic rings. The SMILES string of the molecule is c1csc(CNC2CCc3nc(N4CCCC4)ncc3C2)n1. The monoisotopic (exact) mass is 315 g/mol. The summed E-state index contributed by atoms with van der Waals surface area (Å²) in [7, 11) is 0. The highest BCUT2D eigenvalue weighted by Crippen LogP contribution is 2.23. The number of anilines is 1. The number of hydrogen-bond acceptors (Lipinski definition) is 6. The number of aryl methyl sites for hydroxylation is 1. The molecule has 116 valence electrons. The van der Waals surface area contributed by atoms with Crippen molar-refractivity contribution in [1.29, 1.82) is 0 Å². The molecule has 0 saturated carbocycles. The van der Waals surface area contributed by atoms with Gasteiger partial charge in [-0.05, 0) is 37.7 Å². The molecule has 1 fully saturated rings. The largest absolute Gasteiger partial charge is 0.341 e. The summed E-state index contributed by atoms with van der Waals surface area (Å²) >= 11 is 1.71. The first-order valence-electron chi connectivity index (χ1n) is 8.10. The zero-order valence-corrected chi connectivity index (χ0v) is 13.5. The Morgan fingerprint density at radius 3 is 3.00 bits per heavy atom. The molecule has 1 N–H and O–H groups in total. The maximum Gasteiger partial charge on any atom is 0.225 e. The third-order valence-corrected chi connectivity index (χ3v) is 5.33. The van der Waals surface area contributed by atoms with E-state index >= 15 is 0 Å². The Morgan fingerprint density at radius 1 is 1.27 bits per heavy atom. The number of aromatic nitrogens is 3. The predicted octanol–water partition coefficient (Wildman–Crippen LogP) is 2.18. The molecule has 22 heavy (non-hydrogen) atoms. The van der Waals surface area contributed by atoms with E-state index in [0.29, 0.717) is 6.04 Å². The van der Waals surface area contributed by atoms with Gasteiger partial charge in [-0.2, -0.15) is 0 Å². The lowest BCUT2D eigenvalue weighted by atomic mass is 9.93. The van der Waals surface area contributed by atoms with Gasteiger partial charge >= 0.3 is 0 Å². The van der Waals surface area contributed by atoms with Gasteiger partial charge in [-0.15, -0.1) is 11.3 Å². The first kappa shape index (κ1) is 14.1. The van der Waals surface area contributed by atoms with E-state index < -0.39 is 0 Å². The van der Waals surface area contributed by atoms with Crippen LogP contribution < -0.4 is 10.2 Å². The summed E-state index contributed by atoms with van der Waals surface area (Å²) in [5.74, 6) is 0.936. The van der Waals surface area contributed by atoms with Crippen LogP contribution in [0.1, 0.15) is 35.5 Å². The molecule has 3 heterocycles. The summed E-state index contributed by atoms with van der Waals surface area (Å²) in [5, 5.41) is 6.80. The molecule has 0 radical (unpaired) electrons. The molecule has 6 heteroatoms. The van der Waals surface area contributed by atoms with Gasteiger partial charge in [0.15, 0.2) is 0 Å². The number of thiazole rings is 1. The van der Waals surface area contributed by atoms with Crippen molar-refractivity contribution in [3.05, 3.63) is 34.0 Å². The van der Waals surface area contributed by atoms with E-state index in [0.717, 1.165) is 49.9 Å². The third-order valence-electron chi connectivity index (χ3n) is 4.55. The average molecular weight is 315 g/mol. The molecule has 0 spiro atoms. The normalized spacial score (nSPS) is 21.1. The molecule has 2 aromatic heterocycles. The minimum absolute atomic E-state index is 0.512. The zero-order valence-electron chi connectivity index (χ0n) is 12.7. The zero-order chi connectivity index (χ0) is 14.8. The van der Waals surface area contributed by atoms with Gasteiger partial charge in [-0.1, -0.05) is 0 Å². The van der Waals surface area contributed by atoms with Crippen LogP contribution in [-0.4, -0.2) is 34.1 Å². The van der Waals surface area contributed by atoms with Crippen molar-refractivity contribution in [2.45, 2.75) is 44.7 Å². The molecule has 1 aliphatic heterocycles. The van der Waals surface area contributed by atoms with E-state index in [2.05, 4.69) is 20.2 Å². The topological polar surface area (TPSA) is 53.9 Å². The van der Waals surface area contributed by atoms with Crippen LogP contribution in [0.25, 0.3) is 0 Å². The van der Waals surface area contributed by atoms with Crippen LogP contribution in [0.2, 0.25) is 0 Å². The Morgan fingerprint density at radius 2 is 2.18 bits per heavy atom. The Balaban J connectivity index is 1.40. The smallest absolute Gasteiger partial charge is 0.225 e. The van der Waals surface area contributed by atoms with Crippen molar-refractivity contribution < 1.29 is 0 Å². The molecule has 0 amide bonds. The number of fused-ring (bicyclic) bond motifs is 1. The summed E-state index contributed by atoms with van der Waals surface area (Å²) in [6, 6.07) is 0.512. The maximum absolute atomic E-state index is 4.82. The molecule has 1 atom stereocenters. The lowest BCUT2D eigenvalue weighted by Crippen LogP contribution is -2.35. The summed E-state index contributed by atoms with van der Waals surface area (Å²) in [5.41, 5.74) is 2.56. The fraction of sp³-hybridized carbons (Fsp3) is 0.562. The summed E-state index contributed by atoms with van der Waals surface area (Å²) in [6.07, 6.45) is 9.68. The standard InChI is InChI=1S/C16H21N5S/c1-2-7-21(6-1)16-19-10-12-9-13(3-4-14(12)20-16)18-11-15-17-5-8-22-15/h5,8,10,13,18H,1-4,6-7,9,11H2. The lowest BCUT2D eigenvalue weighted by Gasteiger charge is -2.25. The van der Waals surface area contributed by atoms with E-state index in [1.807, 2.05) is 17.8 Å². The summed E-state index contributed by atoms with van der Waals surface area (Å²) in [4.78, 5) is 16.1. The quantitative estimate of drug-likeness (QED) is 0.937. The third kappa shape index (κ3) is 2.98. The van der Waals surface area contributed by atoms with E-state index in [1.165, 1.54) is 24.1 Å². The molecule has 1 aliphatic carbocycles. The Hall–Kier alpha value is -1.53. The Labute approximate surface area is 134 Å². The van der Waals surface area contributed by atoms with Gasteiger partial charge < -0.3 is 10.2 Å². The van der Waals surface area contributed by atoms with Gasteiger partial charge in [0.05, 0.1) is 0 Å². The molecular weight excluding hydrogens is 294 g/mol. The van der Waals surface area contributed by atoms with Gasteiger partial charge in [0.2, 0.25) is 5.95 Å². The van der Waals surface area contributed by atoms with Crippen molar-refractivity contribution in [2.75, 3.05) is 18.0 Å². The number of rotatable bonds is 4. The van der Waals surface area contributed by atoms with Crippen molar-refractivity contribution in [2.24, 2.45) is 0 Å². The first-order chi connectivity index (χ1) is 10.9.